The second-order valence-corrected chi connectivity index (χ2v) is 15.8. The van der Waals surface area contributed by atoms with Crippen molar-refractivity contribution in [3.8, 4) is 67.9 Å². The van der Waals surface area contributed by atoms with E-state index in [1.807, 2.05) is 78.9 Å². The third-order valence-electron chi connectivity index (χ3n) is 12.0. The number of oxazole rings is 1. The molecule has 0 aliphatic carbocycles. The lowest BCUT2D eigenvalue weighted by Gasteiger charge is -2.11. The number of hydrogen-bond donors (Lipinski definition) is 0. The summed E-state index contributed by atoms with van der Waals surface area (Å²) in [6, 6.07) is 65.9. The van der Waals surface area contributed by atoms with E-state index in [0.717, 1.165) is 105 Å². The summed E-state index contributed by atoms with van der Waals surface area (Å²) in [5.41, 5.74) is 12.6. The molecule has 7 nitrogen and oxygen atoms in total. The van der Waals surface area contributed by atoms with Crippen LogP contribution in [-0.4, -0.2) is 19.9 Å². The molecule has 13 rings (SSSR count). The molecule has 0 aliphatic heterocycles. The van der Waals surface area contributed by atoms with Gasteiger partial charge in [-0.15, -0.1) is 0 Å². The van der Waals surface area contributed by atoms with E-state index in [-0.39, 0.29) is 0 Å². The van der Waals surface area contributed by atoms with Gasteiger partial charge in [-0.2, -0.15) is 0 Å². The minimum absolute atomic E-state index is 0.559. The SMILES string of the molecule is c1ccc(-c2ccc(-c3nc(-c4ccc(-c5cccc6oc7ccccc7c56)cc4)nc(-c4ccc5ccc6oc7ccc8nc(-c9ccccc9)oc8c7c6c5c4)n3)cc2)cc1. The minimum Gasteiger partial charge on any atom is -0.456 e. The van der Waals surface area contributed by atoms with Gasteiger partial charge in [-0.25, -0.2) is 19.9 Å². The maximum absolute atomic E-state index is 6.53. The molecule has 0 saturated carbocycles. The molecule has 0 atom stereocenters. The van der Waals surface area contributed by atoms with E-state index >= 15 is 0 Å². The van der Waals surface area contributed by atoms with Crippen LogP contribution in [0.15, 0.2) is 207 Å². The highest BCUT2D eigenvalue weighted by atomic mass is 16.4. The molecule has 0 aliphatic rings. The van der Waals surface area contributed by atoms with Crippen LogP contribution < -0.4 is 0 Å². The van der Waals surface area contributed by atoms with Crippen LogP contribution in [0.1, 0.15) is 0 Å². The average molecular weight is 809 g/mol. The smallest absolute Gasteiger partial charge is 0.227 e. The van der Waals surface area contributed by atoms with Crippen LogP contribution in [0.5, 0.6) is 0 Å². The lowest BCUT2D eigenvalue weighted by molar-refractivity contribution is 0.622. The molecular formula is C56H32N4O3. The van der Waals surface area contributed by atoms with Crippen molar-refractivity contribution in [3.63, 3.8) is 0 Å². The summed E-state index contributed by atoms with van der Waals surface area (Å²) >= 11 is 0. The zero-order valence-electron chi connectivity index (χ0n) is 33.5. The van der Waals surface area contributed by atoms with Crippen molar-refractivity contribution in [2.24, 2.45) is 0 Å². The van der Waals surface area contributed by atoms with Crippen molar-refractivity contribution < 1.29 is 13.3 Å². The third kappa shape index (κ3) is 5.82. The Bertz CT molecular complexity index is 3890. The normalized spacial score (nSPS) is 11.8. The highest BCUT2D eigenvalue weighted by molar-refractivity contribution is 6.25. The predicted molar refractivity (Wildman–Crippen MR) is 252 cm³/mol. The molecule has 4 aromatic heterocycles. The fraction of sp³-hybridized carbons (Fsp3) is 0. The molecule has 0 saturated heterocycles. The summed E-state index contributed by atoms with van der Waals surface area (Å²) in [5.74, 6) is 2.28. The van der Waals surface area contributed by atoms with E-state index in [9.17, 15) is 0 Å². The first-order chi connectivity index (χ1) is 31.2. The molecule has 0 radical (unpaired) electrons. The van der Waals surface area contributed by atoms with Gasteiger partial charge in [-0.3, -0.25) is 0 Å². The summed E-state index contributed by atoms with van der Waals surface area (Å²) in [6.07, 6.45) is 0. The number of fused-ring (bicyclic) bond motifs is 10. The van der Waals surface area contributed by atoms with E-state index in [1.54, 1.807) is 0 Å². The van der Waals surface area contributed by atoms with Gasteiger partial charge in [0.05, 0.1) is 5.39 Å². The Hall–Kier alpha value is -8.68. The van der Waals surface area contributed by atoms with Crippen molar-refractivity contribution in [2.45, 2.75) is 0 Å². The Kier molecular flexibility index (Phi) is 7.77. The van der Waals surface area contributed by atoms with Gasteiger partial charge in [0.15, 0.2) is 23.1 Å². The molecule has 0 N–H and O–H groups in total. The number of hydrogen-bond acceptors (Lipinski definition) is 7. The number of furan rings is 2. The first kappa shape index (κ1) is 35.1. The lowest BCUT2D eigenvalue weighted by Crippen LogP contribution is -2.00. The van der Waals surface area contributed by atoms with Crippen LogP contribution >= 0.6 is 0 Å². The molecule has 294 valence electrons. The molecule has 7 heteroatoms. The van der Waals surface area contributed by atoms with Crippen molar-refractivity contribution in [1.29, 1.82) is 0 Å². The quantitative estimate of drug-likeness (QED) is 0.165. The van der Waals surface area contributed by atoms with Crippen LogP contribution in [0, 0.1) is 0 Å². The number of aromatic nitrogens is 4. The second-order valence-electron chi connectivity index (χ2n) is 15.8. The van der Waals surface area contributed by atoms with Crippen molar-refractivity contribution in [3.05, 3.63) is 194 Å². The van der Waals surface area contributed by atoms with Crippen LogP contribution in [0.3, 0.4) is 0 Å². The predicted octanol–water partition coefficient (Wildman–Crippen LogP) is 15.0. The van der Waals surface area contributed by atoms with Crippen molar-refractivity contribution >= 4 is 65.7 Å². The van der Waals surface area contributed by atoms with E-state index in [2.05, 4.69) is 115 Å². The van der Waals surface area contributed by atoms with Gasteiger partial charge in [0, 0.05) is 38.4 Å². The topological polar surface area (TPSA) is 91.0 Å². The Morgan fingerprint density at radius 2 is 0.841 bits per heavy atom. The van der Waals surface area contributed by atoms with Crippen LogP contribution in [0.25, 0.3) is 134 Å². The maximum Gasteiger partial charge on any atom is 0.227 e. The standard InChI is InChI=1S/C56H32N4O3/c1-3-10-33(11-4-1)34-18-23-37(24-19-34)53-58-54(38-25-20-35(21-26-38)41-15-9-17-46-49(41)42-14-7-8-16-45(42)61-46)60-55(59-53)40-27-22-36-28-30-47-50(43(36)32-40)51-48(62-47)31-29-44-52(51)63-56(57-44)39-12-5-2-6-13-39/h1-32H. The number of nitrogens with zero attached hydrogens (tertiary/aromatic N) is 4. The number of rotatable bonds is 6. The van der Waals surface area contributed by atoms with Gasteiger partial charge >= 0.3 is 0 Å². The van der Waals surface area contributed by atoms with E-state index < -0.39 is 0 Å². The Morgan fingerprint density at radius 1 is 0.302 bits per heavy atom. The van der Waals surface area contributed by atoms with Gasteiger partial charge in [-0.05, 0) is 81.6 Å². The summed E-state index contributed by atoms with van der Waals surface area (Å²) in [5, 5.41) is 6.07. The lowest BCUT2D eigenvalue weighted by atomic mass is 9.98. The number of para-hydroxylation sites is 1. The van der Waals surface area contributed by atoms with Crippen LogP contribution in [0.4, 0.5) is 0 Å². The van der Waals surface area contributed by atoms with E-state index in [1.165, 1.54) is 0 Å². The van der Waals surface area contributed by atoms with Gasteiger partial charge in [0.2, 0.25) is 5.89 Å². The van der Waals surface area contributed by atoms with Crippen molar-refractivity contribution in [1.82, 2.24) is 19.9 Å². The first-order valence-corrected chi connectivity index (χ1v) is 20.9. The fourth-order valence-corrected chi connectivity index (χ4v) is 8.92. The van der Waals surface area contributed by atoms with E-state index in [4.69, 9.17) is 33.2 Å². The van der Waals surface area contributed by atoms with Gasteiger partial charge in [0.1, 0.15) is 27.8 Å². The Balaban J connectivity index is 0.968. The average Bonchev–Trinajstić information content (AvgIpc) is 4.08. The highest BCUT2D eigenvalue weighted by Crippen LogP contribution is 2.42. The van der Waals surface area contributed by atoms with Gasteiger partial charge in [-0.1, -0.05) is 146 Å². The molecule has 4 heterocycles. The summed E-state index contributed by atoms with van der Waals surface area (Å²) in [4.78, 5) is 20.3. The van der Waals surface area contributed by atoms with Gasteiger partial charge in [0.25, 0.3) is 0 Å². The molecule has 0 spiro atoms. The molecular weight excluding hydrogens is 777 g/mol. The Labute approximate surface area is 359 Å². The second kappa shape index (κ2) is 13.9. The zero-order valence-corrected chi connectivity index (χ0v) is 33.5. The van der Waals surface area contributed by atoms with Gasteiger partial charge < -0.3 is 13.3 Å². The van der Waals surface area contributed by atoms with E-state index in [0.29, 0.717) is 28.9 Å². The summed E-state index contributed by atoms with van der Waals surface area (Å²) in [6.45, 7) is 0. The maximum atomic E-state index is 6.53. The molecule has 0 amide bonds. The molecule has 9 aromatic carbocycles. The summed E-state index contributed by atoms with van der Waals surface area (Å²) in [7, 11) is 0. The third-order valence-corrected chi connectivity index (χ3v) is 12.0. The zero-order chi connectivity index (χ0) is 41.4. The first-order valence-electron chi connectivity index (χ1n) is 20.9. The molecule has 0 fully saturated rings. The molecule has 0 unspecified atom stereocenters. The monoisotopic (exact) mass is 808 g/mol. The molecule has 0 bridgehead atoms. The largest absolute Gasteiger partial charge is 0.456 e. The molecule has 13 aromatic rings. The van der Waals surface area contributed by atoms with Crippen LogP contribution in [-0.2, 0) is 0 Å². The van der Waals surface area contributed by atoms with Crippen LogP contribution in [0.2, 0.25) is 0 Å². The number of benzene rings is 9. The molecule has 63 heavy (non-hydrogen) atoms. The fourth-order valence-electron chi connectivity index (χ4n) is 8.92. The Morgan fingerprint density at radius 3 is 1.60 bits per heavy atom. The highest BCUT2D eigenvalue weighted by Gasteiger charge is 2.20. The van der Waals surface area contributed by atoms with Crippen molar-refractivity contribution in [2.75, 3.05) is 0 Å². The minimum atomic E-state index is 0.559. The summed E-state index contributed by atoms with van der Waals surface area (Å²) < 4.78 is 19.2.